The molecule has 0 atom stereocenters. The Morgan fingerprint density at radius 1 is 0.875 bits per heavy atom. The van der Waals surface area contributed by atoms with Gasteiger partial charge in [-0.05, 0) is 24.3 Å². The molecular weight excluding hydrogens is 259 g/mol. The molecular formula is C14H22NiS. The molecule has 16 heavy (non-hydrogen) atoms. The zero-order chi connectivity index (χ0) is 10.8. The van der Waals surface area contributed by atoms with E-state index in [0.29, 0.717) is 0 Å². The monoisotopic (exact) mass is 280 g/mol. The van der Waals surface area contributed by atoms with Crippen molar-refractivity contribution in [3.05, 3.63) is 30.3 Å². The number of benzene rings is 1. The first-order valence-corrected chi connectivity index (χ1v) is 7.10. The van der Waals surface area contributed by atoms with Crippen molar-refractivity contribution in [1.29, 1.82) is 0 Å². The van der Waals surface area contributed by atoms with Crippen LogP contribution >= 0.6 is 11.8 Å². The van der Waals surface area contributed by atoms with Gasteiger partial charge in [-0.1, -0.05) is 57.2 Å². The van der Waals surface area contributed by atoms with Gasteiger partial charge in [0.15, 0.2) is 0 Å². The zero-order valence-electron chi connectivity index (χ0n) is 10.1. The van der Waals surface area contributed by atoms with Gasteiger partial charge in [-0.15, -0.1) is 11.8 Å². The van der Waals surface area contributed by atoms with Crippen molar-refractivity contribution in [3.8, 4) is 0 Å². The first-order valence-electron chi connectivity index (χ1n) is 6.11. The number of hydrogen-bond acceptors (Lipinski definition) is 1. The molecule has 2 heteroatoms. The van der Waals surface area contributed by atoms with Gasteiger partial charge in [0.05, 0.1) is 0 Å². The van der Waals surface area contributed by atoms with Gasteiger partial charge in [0.25, 0.3) is 0 Å². The Labute approximate surface area is 115 Å². The summed E-state index contributed by atoms with van der Waals surface area (Å²) < 4.78 is 0. The molecule has 0 saturated heterocycles. The van der Waals surface area contributed by atoms with E-state index in [-0.39, 0.29) is 16.5 Å². The fraction of sp³-hybridized carbons (Fsp3) is 0.571. The van der Waals surface area contributed by atoms with E-state index in [1.807, 2.05) is 11.8 Å². The topological polar surface area (TPSA) is 0 Å². The molecule has 0 radical (unpaired) electrons. The van der Waals surface area contributed by atoms with E-state index >= 15 is 0 Å². The maximum Gasteiger partial charge on any atom is 0.00719 e. The molecule has 0 aliphatic rings. The summed E-state index contributed by atoms with van der Waals surface area (Å²) in [7, 11) is 0. The molecule has 0 fully saturated rings. The van der Waals surface area contributed by atoms with Gasteiger partial charge in [0.2, 0.25) is 0 Å². The van der Waals surface area contributed by atoms with Gasteiger partial charge in [-0.2, -0.15) is 0 Å². The molecule has 0 aromatic heterocycles. The van der Waals surface area contributed by atoms with Crippen LogP contribution in [0.3, 0.4) is 0 Å². The summed E-state index contributed by atoms with van der Waals surface area (Å²) in [6.07, 6.45) is 8.36. The molecule has 0 amide bonds. The maximum absolute atomic E-state index is 2.27. The van der Waals surface area contributed by atoms with Gasteiger partial charge in [-0.25, -0.2) is 0 Å². The minimum Gasteiger partial charge on any atom is -0.126 e. The van der Waals surface area contributed by atoms with E-state index in [2.05, 4.69) is 37.3 Å². The predicted octanol–water partition coefficient (Wildman–Crippen LogP) is 5.14. The van der Waals surface area contributed by atoms with Crippen molar-refractivity contribution < 1.29 is 16.5 Å². The minimum absolute atomic E-state index is 0. The summed E-state index contributed by atoms with van der Waals surface area (Å²) >= 11 is 1.98. The van der Waals surface area contributed by atoms with Crippen molar-refractivity contribution in [2.24, 2.45) is 0 Å². The summed E-state index contributed by atoms with van der Waals surface area (Å²) in [5.41, 5.74) is 0. The van der Waals surface area contributed by atoms with Crippen LogP contribution in [-0.2, 0) is 16.5 Å². The Morgan fingerprint density at radius 2 is 1.50 bits per heavy atom. The second-order valence-electron chi connectivity index (χ2n) is 3.93. The second kappa shape index (κ2) is 11.5. The van der Waals surface area contributed by atoms with E-state index < -0.39 is 0 Å². The van der Waals surface area contributed by atoms with Crippen molar-refractivity contribution in [3.63, 3.8) is 0 Å². The Bertz CT molecular complexity index is 236. The smallest absolute Gasteiger partial charge is 0.00719 e. The molecule has 1 aromatic rings. The van der Waals surface area contributed by atoms with E-state index in [4.69, 9.17) is 0 Å². The van der Waals surface area contributed by atoms with Crippen LogP contribution in [0, 0.1) is 0 Å². The quantitative estimate of drug-likeness (QED) is 0.361. The van der Waals surface area contributed by atoms with Crippen LogP contribution < -0.4 is 0 Å². The van der Waals surface area contributed by atoms with Gasteiger partial charge in [0.1, 0.15) is 0 Å². The molecule has 0 spiro atoms. The summed E-state index contributed by atoms with van der Waals surface area (Å²) in [6.45, 7) is 2.27. The summed E-state index contributed by atoms with van der Waals surface area (Å²) in [6, 6.07) is 10.7. The van der Waals surface area contributed by atoms with Crippen LogP contribution in [0.5, 0.6) is 0 Å². The molecule has 0 bridgehead atoms. The number of rotatable bonds is 8. The molecule has 0 aliphatic carbocycles. The molecule has 0 saturated carbocycles. The van der Waals surface area contributed by atoms with Crippen LogP contribution in [-0.4, -0.2) is 5.75 Å². The third-order valence-corrected chi connectivity index (χ3v) is 3.61. The Balaban J connectivity index is 0.00000225. The predicted molar refractivity (Wildman–Crippen MR) is 70.5 cm³/mol. The van der Waals surface area contributed by atoms with E-state index in [9.17, 15) is 0 Å². The van der Waals surface area contributed by atoms with Crippen molar-refractivity contribution >= 4 is 11.8 Å². The normalized spacial score (nSPS) is 9.81. The largest absolute Gasteiger partial charge is 0.126 e. The zero-order valence-corrected chi connectivity index (χ0v) is 11.9. The fourth-order valence-electron chi connectivity index (χ4n) is 1.59. The van der Waals surface area contributed by atoms with Crippen molar-refractivity contribution in [2.75, 3.05) is 5.75 Å². The molecule has 0 nitrogen and oxygen atoms in total. The van der Waals surface area contributed by atoms with Crippen molar-refractivity contribution in [1.82, 2.24) is 0 Å². The fourth-order valence-corrected chi connectivity index (χ4v) is 2.52. The van der Waals surface area contributed by atoms with Gasteiger partial charge < -0.3 is 0 Å². The van der Waals surface area contributed by atoms with Crippen LogP contribution in [0.1, 0.15) is 45.4 Å². The van der Waals surface area contributed by atoms with Gasteiger partial charge in [0, 0.05) is 21.4 Å². The third-order valence-electron chi connectivity index (χ3n) is 2.51. The molecule has 0 N–H and O–H groups in total. The average molecular weight is 281 g/mol. The van der Waals surface area contributed by atoms with E-state index in [1.54, 1.807) is 0 Å². The molecule has 94 valence electrons. The minimum atomic E-state index is 0. The average Bonchev–Trinajstić information content (AvgIpc) is 2.29. The summed E-state index contributed by atoms with van der Waals surface area (Å²) in [5.74, 6) is 1.27. The van der Waals surface area contributed by atoms with E-state index in [0.717, 1.165) is 0 Å². The molecule has 0 heterocycles. The SMILES string of the molecule is CCCCCCCCSc1ccccc1.[Ni]. The van der Waals surface area contributed by atoms with Crippen LogP contribution in [0.25, 0.3) is 0 Å². The van der Waals surface area contributed by atoms with Crippen LogP contribution in [0.2, 0.25) is 0 Å². The first-order chi connectivity index (χ1) is 7.43. The van der Waals surface area contributed by atoms with Gasteiger partial charge in [-0.3, -0.25) is 0 Å². The first kappa shape index (κ1) is 16.1. The van der Waals surface area contributed by atoms with Gasteiger partial charge >= 0.3 is 0 Å². The molecule has 0 aliphatic heterocycles. The maximum atomic E-state index is 2.27. The Hall–Kier alpha value is 0.0635. The van der Waals surface area contributed by atoms with Crippen LogP contribution in [0.4, 0.5) is 0 Å². The Kier molecular flexibility index (Phi) is 11.6. The Morgan fingerprint density at radius 3 is 2.19 bits per heavy atom. The third kappa shape index (κ3) is 8.24. The van der Waals surface area contributed by atoms with Crippen molar-refractivity contribution in [2.45, 2.75) is 50.3 Å². The molecule has 1 rings (SSSR count). The summed E-state index contributed by atoms with van der Waals surface area (Å²) in [5, 5.41) is 0. The van der Waals surface area contributed by atoms with E-state index in [1.165, 1.54) is 49.2 Å². The summed E-state index contributed by atoms with van der Waals surface area (Å²) in [4.78, 5) is 1.41. The number of unbranched alkanes of at least 4 members (excludes halogenated alkanes) is 5. The number of thioether (sulfide) groups is 1. The second-order valence-corrected chi connectivity index (χ2v) is 5.10. The standard InChI is InChI=1S/C14H22S.Ni/c1-2-3-4-5-6-10-13-15-14-11-8-7-9-12-14;/h7-9,11-12H,2-6,10,13H2,1H3;. The molecule has 0 unspecified atom stereocenters. The molecule has 1 aromatic carbocycles. The van der Waals surface area contributed by atoms with Crippen LogP contribution in [0.15, 0.2) is 35.2 Å². The number of hydrogen-bond donors (Lipinski definition) is 0.